The molecule has 0 bridgehead atoms. The van der Waals surface area contributed by atoms with Gasteiger partial charge in [0, 0.05) is 0 Å². The normalized spacial score (nSPS) is 4.50. The van der Waals surface area contributed by atoms with Crippen molar-refractivity contribution in [3.8, 4) is 0 Å². The second-order valence-corrected chi connectivity index (χ2v) is 0.567. The van der Waals surface area contributed by atoms with E-state index >= 15 is 0 Å². The van der Waals surface area contributed by atoms with Gasteiger partial charge in [-0.3, -0.25) is 0 Å². The monoisotopic (exact) mass is 270 g/mol. The first-order valence-corrected chi connectivity index (χ1v) is 1.39. The van der Waals surface area contributed by atoms with E-state index in [1.54, 1.807) is 0 Å². The van der Waals surface area contributed by atoms with Crippen molar-refractivity contribution in [2.75, 3.05) is 0 Å². The van der Waals surface area contributed by atoms with Gasteiger partial charge in [0.2, 0.25) is 0 Å². The summed E-state index contributed by atoms with van der Waals surface area (Å²) in [5.74, 6) is 0. The van der Waals surface area contributed by atoms with Crippen LogP contribution in [0.1, 0.15) is 0 Å². The molecule has 0 aliphatic rings. The molecule has 0 spiro atoms. The summed E-state index contributed by atoms with van der Waals surface area (Å²) in [5.41, 5.74) is 0. The van der Waals surface area contributed by atoms with Gasteiger partial charge in [-0.15, -0.1) is 0 Å². The molecular weight excluding hydrogens is 271 g/mol. The molecule has 8 heteroatoms. The van der Waals surface area contributed by atoms with Gasteiger partial charge in [-0.25, -0.2) is 0 Å². The zero-order chi connectivity index (χ0) is 3.58. The van der Waals surface area contributed by atoms with Gasteiger partial charge in [-0.2, -0.15) is 0 Å². The fraction of sp³-hybridized carbons (Fsp3) is 0. The van der Waals surface area contributed by atoms with Crippen LogP contribution in [0.3, 0.4) is 0 Å². The largest absolute Gasteiger partial charge is 4.00 e. The predicted molar refractivity (Wildman–Crippen MR) is 1.37 cm³/mol. The third kappa shape index (κ3) is 135. The molecular formula is AgClO5Ti. The summed E-state index contributed by atoms with van der Waals surface area (Å²) < 4.78 is 25.2. The van der Waals surface area contributed by atoms with Crippen LogP contribution in [0.15, 0.2) is 0 Å². The van der Waals surface area contributed by atoms with Crippen LogP contribution in [0.4, 0.5) is 0 Å². The summed E-state index contributed by atoms with van der Waals surface area (Å²) in [6, 6.07) is 0. The summed E-state index contributed by atoms with van der Waals surface area (Å²) >= 11 is 0. The molecule has 0 saturated carbocycles. The van der Waals surface area contributed by atoms with Crippen LogP contribution in [0.25, 0.3) is 0 Å². The maximum atomic E-state index is 8.41. The van der Waals surface area contributed by atoms with Crippen LogP contribution < -0.4 is 14.0 Å². The first-order chi connectivity index (χ1) is 1.73. The summed E-state index contributed by atoms with van der Waals surface area (Å²) in [6.07, 6.45) is 0. The third-order valence-corrected chi connectivity index (χ3v) is 0. The van der Waals surface area contributed by atoms with Gasteiger partial charge < -0.3 is 24.9 Å². The standard InChI is InChI=1S/Ag.ClO3.2O.Ti/c;2-1(3)4;;;/q+1;-1;2*-2;+4. The SMILES string of the molecule is [Ag+].[O-2].[O-2].[O-][Cl+2]([O-])[O-].[Ti+4]. The molecule has 0 aliphatic heterocycles. The van der Waals surface area contributed by atoms with Gasteiger partial charge in [0.15, 0.2) is 0 Å². The van der Waals surface area contributed by atoms with Crippen molar-refractivity contribution in [3.05, 3.63) is 0 Å². The van der Waals surface area contributed by atoms with Crippen molar-refractivity contribution in [3.63, 3.8) is 0 Å². The van der Waals surface area contributed by atoms with Crippen molar-refractivity contribution >= 4 is 0 Å². The second kappa shape index (κ2) is 23.5. The predicted octanol–water partition coefficient (Wildman–Crippen LogP) is -3.81. The van der Waals surface area contributed by atoms with E-state index < -0.39 is 10.8 Å². The molecule has 0 radical (unpaired) electrons. The first kappa shape index (κ1) is 33.7. The molecule has 0 unspecified atom stereocenters. The zero-order valence-electron chi connectivity index (χ0n) is 3.22. The van der Waals surface area contributed by atoms with E-state index in [0.717, 1.165) is 0 Å². The van der Waals surface area contributed by atoms with Crippen molar-refractivity contribution in [1.29, 1.82) is 0 Å². The van der Waals surface area contributed by atoms with Gasteiger partial charge in [0.05, 0.1) is 10.8 Å². The molecule has 0 rings (SSSR count). The first-order valence-electron chi connectivity index (χ1n) is 0.463. The summed E-state index contributed by atoms with van der Waals surface area (Å²) in [4.78, 5) is 0. The minimum absolute atomic E-state index is 0. The van der Waals surface area contributed by atoms with Crippen molar-refractivity contribution in [2.45, 2.75) is 0 Å². The molecule has 52 valence electrons. The molecule has 5 nitrogen and oxygen atoms in total. The van der Waals surface area contributed by atoms with Crippen molar-refractivity contribution < 1.29 is 79.8 Å². The van der Waals surface area contributed by atoms with Crippen LogP contribution in [-0.2, 0) is 55.1 Å². The van der Waals surface area contributed by atoms with E-state index in [0.29, 0.717) is 0 Å². The van der Waals surface area contributed by atoms with E-state index in [4.69, 9.17) is 14.0 Å². The smallest absolute Gasteiger partial charge is 2.00 e. The van der Waals surface area contributed by atoms with Crippen LogP contribution in [0.5, 0.6) is 0 Å². The molecule has 0 amide bonds. The minimum atomic E-state index is -2.85. The summed E-state index contributed by atoms with van der Waals surface area (Å²) in [6.45, 7) is 0. The molecule has 0 N–H and O–H groups in total. The average Bonchev–Trinajstić information content (AvgIpc) is 0.811. The summed E-state index contributed by atoms with van der Waals surface area (Å²) in [5, 5.41) is 0. The van der Waals surface area contributed by atoms with Crippen molar-refractivity contribution in [2.24, 2.45) is 0 Å². The van der Waals surface area contributed by atoms with Gasteiger partial charge >= 0.3 is 44.1 Å². The second-order valence-electron chi connectivity index (χ2n) is 0.189. The summed E-state index contributed by atoms with van der Waals surface area (Å²) in [7, 11) is -2.85. The Kier molecular flexibility index (Phi) is 99.3. The van der Waals surface area contributed by atoms with E-state index in [9.17, 15) is 0 Å². The molecule has 8 heavy (non-hydrogen) atoms. The quantitative estimate of drug-likeness (QED) is 0.419. The Morgan fingerprint density at radius 1 is 0.875 bits per heavy atom. The molecule has 0 heterocycles. The number of halogens is 1. The van der Waals surface area contributed by atoms with Gasteiger partial charge in [-0.05, 0) is 0 Å². The van der Waals surface area contributed by atoms with Gasteiger partial charge in [0.25, 0.3) is 0 Å². The number of rotatable bonds is 0. The molecule has 0 atom stereocenters. The number of hydrogen-bond acceptors (Lipinski definition) is 3. The van der Waals surface area contributed by atoms with Crippen molar-refractivity contribution in [1.82, 2.24) is 0 Å². The maximum absolute atomic E-state index is 8.41. The van der Waals surface area contributed by atoms with Crippen LogP contribution in [0, 0.1) is 10.8 Å². The fourth-order valence-electron chi connectivity index (χ4n) is 0. The fourth-order valence-corrected chi connectivity index (χ4v) is 0. The van der Waals surface area contributed by atoms with E-state index in [-0.39, 0.29) is 55.1 Å². The molecule has 0 aromatic heterocycles. The Bertz CT molecular complexity index is 17.1. The average molecular weight is 271 g/mol. The van der Waals surface area contributed by atoms with E-state index in [1.807, 2.05) is 0 Å². The van der Waals surface area contributed by atoms with Crippen LogP contribution >= 0.6 is 0 Å². The molecule has 0 aliphatic carbocycles. The molecule has 0 aromatic carbocycles. The van der Waals surface area contributed by atoms with Crippen LogP contribution in [0.2, 0.25) is 0 Å². The van der Waals surface area contributed by atoms with E-state index in [2.05, 4.69) is 0 Å². The Morgan fingerprint density at radius 3 is 0.875 bits per heavy atom. The molecule has 0 saturated heterocycles. The topological polar surface area (TPSA) is 126 Å². The molecule has 0 fully saturated rings. The Morgan fingerprint density at radius 2 is 0.875 bits per heavy atom. The minimum Gasteiger partial charge on any atom is -2.00 e. The molecule has 0 aromatic rings. The maximum Gasteiger partial charge on any atom is 4.00 e. The third-order valence-electron chi connectivity index (χ3n) is 0. The Balaban J connectivity index is -0.00000000750. The van der Waals surface area contributed by atoms with Crippen LogP contribution in [-0.4, -0.2) is 0 Å². The Labute approximate surface area is 79.5 Å². The van der Waals surface area contributed by atoms with Gasteiger partial charge in [-0.1, -0.05) is 0 Å². The van der Waals surface area contributed by atoms with E-state index in [1.165, 1.54) is 0 Å². The Hall–Kier alpha value is 1.54. The number of hydrogen-bond donors (Lipinski definition) is 0. The zero-order valence-corrected chi connectivity index (χ0v) is 7.02. The van der Waals surface area contributed by atoms with Gasteiger partial charge in [0.1, 0.15) is 0 Å².